The van der Waals surface area contributed by atoms with Crippen LogP contribution in [0.15, 0.2) is 35.5 Å². The predicted molar refractivity (Wildman–Crippen MR) is 85.5 cm³/mol. The predicted octanol–water partition coefficient (Wildman–Crippen LogP) is 4.44. The number of aliphatic carboxylic acids is 1. The van der Waals surface area contributed by atoms with E-state index in [4.69, 9.17) is 33.5 Å². The van der Waals surface area contributed by atoms with Crippen LogP contribution in [0.3, 0.4) is 0 Å². The molecule has 21 heavy (non-hydrogen) atoms. The number of rotatable bonds is 2. The Labute approximate surface area is 133 Å². The SMILES string of the molecule is O=C(O)C=Cc1ccccc1Cl.ON=C1CCCCC1Cl. The number of benzene rings is 1. The lowest BCUT2D eigenvalue weighted by atomic mass is 9.98. The Bertz CT molecular complexity index is 529. The van der Waals surface area contributed by atoms with Crippen molar-refractivity contribution in [2.24, 2.45) is 5.16 Å². The van der Waals surface area contributed by atoms with E-state index >= 15 is 0 Å². The third-order valence-corrected chi connectivity index (χ3v) is 3.76. The summed E-state index contributed by atoms with van der Waals surface area (Å²) in [7, 11) is 0. The number of nitrogens with zero attached hydrogens (tertiary/aromatic N) is 1. The van der Waals surface area contributed by atoms with Crippen LogP contribution >= 0.6 is 23.2 Å². The number of carboxylic acids is 1. The molecule has 0 aromatic heterocycles. The van der Waals surface area contributed by atoms with E-state index in [2.05, 4.69) is 5.16 Å². The first kappa shape index (κ1) is 17.5. The van der Waals surface area contributed by atoms with E-state index in [0.717, 1.165) is 37.5 Å². The van der Waals surface area contributed by atoms with Crippen molar-refractivity contribution in [3.63, 3.8) is 0 Å². The molecule has 1 fully saturated rings. The lowest BCUT2D eigenvalue weighted by Crippen LogP contribution is -2.18. The van der Waals surface area contributed by atoms with Gasteiger partial charge in [-0.3, -0.25) is 0 Å². The molecule has 2 N–H and O–H groups in total. The van der Waals surface area contributed by atoms with E-state index in [0.29, 0.717) is 10.6 Å². The van der Waals surface area contributed by atoms with Crippen LogP contribution in [-0.4, -0.2) is 27.4 Å². The minimum absolute atomic E-state index is 0.0104. The molecular formula is C15H17Cl2NO3. The second-order valence-corrected chi connectivity index (χ2v) is 5.43. The van der Waals surface area contributed by atoms with Gasteiger partial charge in [0.05, 0.1) is 11.1 Å². The molecule has 1 aliphatic carbocycles. The number of oxime groups is 1. The summed E-state index contributed by atoms with van der Waals surface area (Å²) in [4.78, 5) is 10.2. The number of halogens is 2. The van der Waals surface area contributed by atoms with Crippen molar-refractivity contribution < 1.29 is 15.1 Å². The zero-order valence-corrected chi connectivity index (χ0v) is 12.9. The molecule has 6 heteroatoms. The van der Waals surface area contributed by atoms with Crippen LogP contribution in [0.5, 0.6) is 0 Å². The number of hydrogen-bond donors (Lipinski definition) is 2. The fraction of sp³-hybridized carbons (Fsp3) is 0.333. The van der Waals surface area contributed by atoms with E-state index in [1.165, 1.54) is 6.08 Å². The molecule has 2 rings (SSSR count). The lowest BCUT2D eigenvalue weighted by Gasteiger charge is -2.15. The number of alkyl halides is 1. The molecular weight excluding hydrogens is 313 g/mol. The summed E-state index contributed by atoms with van der Waals surface area (Å²) in [5.74, 6) is -0.977. The van der Waals surface area contributed by atoms with Gasteiger partial charge in [0.1, 0.15) is 0 Å². The maximum atomic E-state index is 10.2. The normalized spacial score (nSPS) is 20.1. The van der Waals surface area contributed by atoms with Gasteiger partial charge in [-0.2, -0.15) is 0 Å². The standard InChI is InChI=1S/C9H7ClO2.C6H10ClNO/c10-8-4-2-1-3-7(8)5-6-9(11)12;7-5-3-1-2-4-6(5)8-9/h1-6H,(H,11,12);5,9H,1-4H2. The van der Waals surface area contributed by atoms with E-state index in [-0.39, 0.29) is 5.38 Å². The highest BCUT2D eigenvalue weighted by atomic mass is 35.5. The molecule has 0 radical (unpaired) electrons. The lowest BCUT2D eigenvalue weighted by molar-refractivity contribution is -0.131. The van der Waals surface area contributed by atoms with Gasteiger partial charge >= 0.3 is 5.97 Å². The highest BCUT2D eigenvalue weighted by molar-refractivity contribution is 6.32. The van der Waals surface area contributed by atoms with Crippen LogP contribution in [0, 0.1) is 0 Å². The topological polar surface area (TPSA) is 69.9 Å². The van der Waals surface area contributed by atoms with Crippen molar-refractivity contribution in [3.8, 4) is 0 Å². The zero-order valence-electron chi connectivity index (χ0n) is 11.4. The van der Waals surface area contributed by atoms with E-state index < -0.39 is 5.97 Å². The van der Waals surface area contributed by atoms with Crippen LogP contribution in [0.2, 0.25) is 5.02 Å². The minimum atomic E-state index is -0.977. The van der Waals surface area contributed by atoms with Crippen molar-refractivity contribution in [2.45, 2.75) is 31.1 Å². The van der Waals surface area contributed by atoms with Gasteiger partial charge in [-0.1, -0.05) is 41.4 Å². The first-order valence-corrected chi connectivity index (χ1v) is 7.36. The van der Waals surface area contributed by atoms with Crippen LogP contribution in [0.1, 0.15) is 31.2 Å². The fourth-order valence-corrected chi connectivity index (χ4v) is 2.34. The first-order valence-electron chi connectivity index (χ1n) is 6.55. The smallest absolute Gasteiger partial charge is 0.328 e. The highest BCUT2D eigenvalue weighted by Crippen LogP contribution is 2.19. The molecule has 0 bridgehead atoms. The molecule has 1 unspecified atom stereocenters. The van der Waals surface area contributed by atoms with Gasteiger partial charge in [0, 0.05) is 11.1 Å². The summed E-state index contributed by atoms with van der Waals surface area (Å²) in [5.41, 5.74) is 1.46. The quantitative estimate of drug-likeness (QED) is 0.365. The molecule has 1 aromatic rings. The number of carbonyl (C=O) groups is 1. The van der Waals surface area contributed by atoms with Gasteiger partial charge in [0.2, 0.25) is 0 Å². The van der Waals surface area contributed by atoms with Crippen molar-refractivity contribution in [1.82, 2.24) is 0 Å². The monoisotopic (exact) mass is 329 g/mol. The van der Waals surface area contributed by atoms with Gasteiger partial charge in [0.15, 0.2) is 0 Å². The average Bonchev–Trinajstić information content (AvgIpc) is 2.47. The van der Waals surface area contributed by atoms with Gasteiger partial charge in [-0.25, -0.2) is 4.79 Å². The van der Waals surface area contributed by atoms with E-state index in [1.54, 1.807) is 24.3 Å². The van der Waals surface area contributed by atoms with Crippen molar-refractivity contribution in [3.05, 3.63) is 40.9 Å². The molecule has 1 atom stereocenters. The number of carboxylic acid groups (broad SMARTS) is 1. The van der Waals surface area contributed by atoms with Gasteiger partial charge < -0.3 is 10.3 Å². The van der Waals surface area contributed by atoms with E-state index in [9.17, 15) is 4.79 Å². The first-order chi connectivity index (χ1) is 10.0. The second kappa shape index (κ2) is 9.42. The van der Waals surface area contributed by atoms with Gasteiger partial charge in [-0.05, 0) is 37.0 Å². The largest absolute Gasteiger partial charge is 0.478 e. The summed E-state index contributed by atoms with van der Waals surface area (Å²) in [6.07, 6.45) is 6.62. The van der Waals surface area contributed by atoms with Crippen LogP contribution in [0.4, 0.5) is 0 Å². The Hall–Kier alpha value is -1.52. The van der Waals surface area contributed by atoms with Crippen LogP contribution < -0.4 is 0 Å². The summed E-state index contributed by atoms with van der Waals surface area (Å²) < 4.78 is 0. The fourth-order valence-electron chi connectivity index (χ4n) is 1.84. The molecule has 1 aliphatic rings. The summed E-state index contributed by atoms with van der Waals surface area (Å²) >= 11 is 11.6. The molecule has 0 amide bonds. The molecule has 0 spiro atoms. The van der Waals surface area contributed by atoms with Crippen LogP contribution in [-0.2, 0) is 4.79 Å². The Balaban J connectivity index is 0.000000219. The third kappa shape index (κ3) is 6.65. The van der Waals surface area contributed by atoms with E-state index in [1.807, 2.05) is 0 Å². The summed E-state index contributed by atoms with van der Waals surface area (Å²) in [6, 6.07) is 7.05. The summed E-state index contributed by atoms with van der Waals surface area (Å²) in [6.45, 7) is 0. The molecule has 0 saturated heterocycles. The maximum absolute atomic E-state index is 10.2. The van der Waals surface area contributed by atoms with Crippen molar-refractivity contribution >= 4 is 41.0 Å². The maximum Gasteiger partial charge on any atom is 0.328 e. The Morgan fingerprint density at radius 1 is 1.33 bits per heavy atom. The van der Waals surface area contributed by atoms with Gasteiger partial charge in [-0.15, -0.1) is 11.6 Å². The zero-order chi connectivity index (χ0) is 15.7. The third-order valence-electron chi connectivity index (χ3n) is 2.94. The minimum Gasteiger partial charge on any atom is -0.478 e. The molecule has 0 aliphatic heterocycles. The van der Waals surface area contributed by atoms with Gasteiger partial charge in [0.25, 0.3) is 0 Å². The van der Waals surface area contributed by atoms with Crippen molar-refractivity contribution in [2.75, 3.05) is 0 Å². The average molecular weight is 330 g/mol. The number of hydrogen-bond acceptors (Lipinski definition) is 3. The molecule has 114 valence electrons. The molecule has 1 saturated carbocycles. The molecule has 4 nitrogen and oxygen atoms in total. The summed E-state index contributed by atoms with van der Waals surface area (Å²) in [5, 5.41) is 20.4. The van der Waals surface area contributed by atoms with Crippen LogP contribution in [0.25, 0.3) is 6.08 Å². The van der Waals surface area contributed by atoms with Crippen molar-refractivity contribution in [1.29, 1.82) is 0 Å². The Kier molecular flexibility index (Phi) is 7.87. The Morgan fingerprint density at radius 3 is 2.57 bits per heavy atom. The molecule has 0 heterocycles. The molecule has 1 aromatic carbocycles. The second-order valence-electron chi connectivity index (χ2n) is 4.50. The Morgan fingerprint density at radius 2 is 2.05 bits per heavy atom. The highest BCUT2D eigenvalue weighted by Gasteiger charge is 2.17.